The van der Waals surface area contributed by atoms with Crippen molar-refractivity contribution in [2.75, 3.05) is 42.6 Å². The summed E-state index contributed by atoms with van der Waals surface area (Å²) < 4.78 is 21.6. The van der Waals surface area contributed by atoms with Crippen LogP contribution in [0.1, 0.15) is 41.9 Å². The number of benzene rings is 1. The number of nitrogens with zero attached hydrogens (tertiary/aromatic N) is 7. The summed E-state index contributed by atoms with van der Waals surface area (Å²) >= 11 is 0. The second-order valence-corrected chi connectivity index (χ2v) is 10.5. The summed E-state index contributed by atoms with van der Waals surface area (Å²) in [6.07, 6.45) is 5.80. The lowest BCUT2D eigenvalue weighted by Crippen LogP contribution is -2.40. The van der Waals surface area contributed by atoms with Crippen LogP contribution in [0.25, 0.3) is 17.0 Å². The monoisotopic (exact) mass is 538 g/mol. The molecule has 0 spiro atoms. The number of morpholine rings is 1. The normalized spacial score (nSPS) is 18.5. The van der Waals surface area contributed by atoms with Gasteiger partial charge in [-0.25, -0.2) is 23.9 Å². The molecule has 1 N–H and O–H groups in total. The van der Waals surface area contributed by atoms with Crippen LogP contribution in [0.5, 0.6) is 0 Å². The van der Waals surface area contributed by atoms with Crippen molar-refractivity contribution in [3.63, 3.8) is 0 Å². The maximum absolute atomic E-state index is 14.0. The zero-order valence-corrected chi connectivity index (χ0v) is 22.4. The number of aromatic amines is 1. The third-order valence-electron chi connectivity index (χ3n) is 7.93. The van der Waals surface area contributed by atoms with Crippen molar-refractivity contribution in [1.82, 2.24) is 29.5 Å². The van der Waals surface area contributed by atoms with Gasteiger partial charge in [0.15, 0.2) is 5.65 Å². The van der Waals surface area contributed by atoms with Gasteiger partial charge in [-0.1, -0.05) is 18.2 Å². The second kappa shape index (κ2) is 10.3. The van der Waals surface area contributed by atoms with E-state index >= 15 is 0 Å². The largest absolute Gasteiger partial charge is 0.377 e. The fraction of sp³-hybridized carbons (Fsp3) is 0.333. The van der Waals surface area contributed by atoms with E-state index < -0.39 is 0 Å². The molecule has 1 aromatic carbocycles. The van der Waals surface area contributed by atoms with Gasteiger partial charge >= 0.3 is 0 Å². The molecule has 10 heteroatoms. The van der Waals surface area contributed by atoms with Crippen LogP contribution in [0.3, 0.4) is 0 Å². The number of hydrogen-bond acceptors (Lipinski definition) is 7. The quantitative estimate of drug-likeness (QED) is 0.340. The molecule has 0 radical (unpaired) electrons. The van der Waals surface area contributed by atoms with Gasteiger partial charge in [0.25, 0.3) is 0 Å². The highest BCUT2D eigenvalue weighted by atomic mass is 19.1. The summed E-state index contributed by atoms with van der Waals surface area (Å²) in [6, 6.07) is 16.6. The highest BCUT2D eigenvalue weighted by Gasteiger charge is 2.27. The van der Waals surface area contributed by atoms with Crippen LogP contribution in [0.4, 0.5) is 16.0 Å². The van der Waals surface area contributed by atoms with Crippen LogP contribution >= 0.6 is 0 Å². The van der Waals surface area contributed by atoms with Gasteiger partial charge in [-0.2, -0.15) is 0 Å². The van der Waals surface area contributed by atoms with Crippen molar-refractivity contribution in [2.24, 2.45) is 0 Å². The van der Waals surface area contributed by atoms with E-state index in [9.17, 15) is 4.39 Å². The van der Waals surface area contributed by atoms with Crippen LogP contribution < -0.4 is 9.80 Å². The Hall–Kier alpha value is -4.31. The lowest BCUT2D eigenvalue weighted by molar-refractivity contribution is 0.0935. The van der Waals surface area contributed by atoms with Gasteiger partial charge < -0.3 is 19.5 Å². The number of imidazole rings is 2. The van der Waals surface area contributed by atoms with Gasteiger partial charge in [0, 0.05) is 37.4 Å². The van der Waals surface area contributed by atoms with Crippen molar-refractivity contribution in [1.29, 1.82) is 0 Å². The molecule has 5 aromatic rings. The summed E-state index contributed by atoms with van der Waals surface area (Å²) in [5.41, 5.74) is 4.37. The minimum Gasteiger partial charge on any atom is -0.377 e. The summed E-state index contributed by atoms with van der Waals surface area (Å²) in [6.45, 7) is 5.61. The Morgan fingerprint density at radius 2 is 1.82 bits per heavy atom. The lowest BCUT2D eigenvalue weighted by Gasteiger charge is -2.36. The molecular formula is C30H31FN8O. The van der Waals surface area contributed by atoms with Crippen molar-refractivity contribution in [3.8, 4) is 11.4 Å². The molecule has 0 saturated carbocycles. The number of halogens is 1. The summed E-state index contributed by atoms with van der Waals surface area (Å²) in [5.74, 6) is 3.03. The van der Waals surface area contributed by atoms with Gasteiger partial charge in [-0.15, -0.1) is 5.10 Å². The van der Waals surface area contributed by atoms with E-state index in [-0.39, 0.29) is 11.9 Å². The average molecular weight is 539 g/mol. The molecule has 2 aliphatic rings. The predicted octanol–water partition coefficient (Wildman–Crippen LogP) is 4.92. The van der Waals surface area contributed by atoms with Crippen LogP contribution in [0, 0.1) is 12.7 Å². The number of aryl methyl sites for hydroxylation is 1. The average Bonchev–Trinajstić information content (AvgIpc) is 3.63. The fourth-order valence-corrected chi connectivity index (χ4v) is 5.82. The Labute approximate surface area is 231 Å². The highest BCUT2D eigenvalue weighted by Crippen LogP contribution is 2.32. The number of pyridine rings is 1. The first-order chi connectivity index (χ1) is 19.6. The molecule has 1 atom stereocenters. The van der Waals surface area contributed by atoms with E-state index in [0.717, 1.165) is 71.7 Å². The molecule has 7 rings (SSSR count). The standard InChI is InChI=1S/C30H31FN8O/c1-20-17-33-30(34-20)21-10-12-37(13-11-21)28-7-3-6-24(35-28)25-18-32-27-8-9-29(36-39(25)27)38-14-15-40-19-26(38)22-4-2-5-23(31)16-22/h2-9,16-18,21,26H,10-15,19H2,1H3,(H,33,34). The molecule has 40 heavy (non-hydrogen) atoms. The van der Waals surface area contributed by atoms with Gasteiger partial charge in [0.05, 0.1) is 31.1 Å². The molecule has 204 valence electrons. The zero-order valence-electron chi connectivity index (χ0n) is 22.4. The van der Waals surface area contributed by atoms with Gasteiger partial charge in [-0.05, 0) is 61.7 Å². The molecular weight excluding hydrogens is 507 g/mol. The minimum absolute atomic E-state index is 0.129. The maximum atomic E-state index is 14.0. The molecule has 0 aliphatic carbocycles. The smallest absolute Gasteiger partial charge is 0.154 e. The topological polar surface area (TPSA) is 87.5 Å². The Balaban J connectivity index is 1.15. The summed E-state index contributed by atoms with van der Waals surface area (Å²) in [7, 11) is 0. The first-order valence-corrected chi connectivity index (χ1v) is 13.8. The molecule has 9 nitrogen and oxygen atoms in total. The maximum Gasteiger partial charge on any atom is 0.154 e. The van der Waals surface area contributed by atoms with Crippen LogP contribution in [0.15, 0.2) is 67.0 Å². The molecule has 2 saturated heterocycles. The third kappa shape index (κ3) is 4.68. The summed E-state index contributed by atoms with van der Waals surface area (Å²) in [5, 5.41) is 4.99. The third-order valence-corrected chi connectivity index (χ3v) is 7.93. The van der Waals surface area contributed by atoms with E-state index in [1.807, 2.05) is 54.2 Å². The summed E-state index contributed by atoms with van der Waals surface area (Å²) in [4.78, 5) is 22.1. The number of fused-ring (bicyclic) bond motifs is 1. The van der Waals surface area contributed by atoms with Crippen molar-refractivity contribution in [3.05, 3.63) is 89.9 Å². The van der Waals surface area contributed by atoms with Gasteiger partial charge in [0.1, 0.15) is 29.0 Å². The van der Waals surface area contributed by atoms with E-state index in [0.29, 0.717) is 25.7 Å². The van der Waals surface area contributed by atoms with E-state index in [1.165, 1.54) is 6.07 Å². The van der Waals surface area contributed by atoms with E-state index in [1.54, 1.807) is 12.1 Å². The highest BCUT2D eigenvalue weighted by molar-refractivity contribution is 5.62. The SMILES string of the molecule is Cc1cnc(C2CCN(c3cccc(-c4cnc5ccc(N6CCOCC6c6cccc(F)c6)nn45)n3)CC2)[nH]1. The number of piperidine rings is 1. The number of anilines is 2. The molecule has 1 unspecified atom stereocenters. The van der Waals surface area contributed by atoms with Crippen LogP contribution in [0.2, 0.25) is 0 Å². The fourth-order valence-electron chi connectivity index (χ4n) is 5.82. The molecule has 6 heterocycles. The van der Waals surface area contributed by atoms with Crippen LogP contribution in [-0.2, 0) is 4.74 Å². The molecule has 2 aliphatic heterocycles. The molecule has 0 bridgehead atoms. The first-order valence-electron chi connectivity index (χ1n) is 13.8. The van der Waals surface area contributed by atoms with Crippen molar-refractivity contribution >= 4 is 17.3 Å². The first kappa shape index (κ1) is 24.7. The lowest BCUT2D eigenvalue weighted by atomic mass is 9.96. The van der Waals surface area contributed by atoms with Gasteiger partial charge in [-0.3, -0.25) is 0 Å². The number of ether oxygens (including phenoxy) is 1. The molecule has 4 aromatic heterocycles. The Bertz CT molecular complexity index is 1640. The van der Waals surface area contributed by atoms with E-state index in [4.69, 9.17) is 14.8 Å². The zero-order chi connectivity index (χ0) is 27.1. The number of aromatic nitrogens is 6. The Kier molecular flexibility index (Phi) is 6.39. The predicted molar refractivity (Wildman–Crippen MR) is 151 cm³/mol. The Morgan fingerprint density at radius 1 is 0.950 bits per heavy atom. The number of H-pyrrole nitrogens is 1. The Morgan fingerprint density at radius 3 is 2.65 bits per heavy atom. The molecule has 2 fully saturated rings. The molecule has 0 amide bonds. The van der Waals surface area contributed by atoms with Crippen molar-refractivity contribution < 1.29 is 9.13 Å². The van der Waals surface area contributed by atoms with E-state index in [2.05, 4.69) is 30.8 Å². The minimum atomic E-state index is -0.255. The van der Waals surface area contributed by atoms with Gasteiger partial charge in [0.2, 0.25) is 0 Å². The van der Waals surface area contributed by atoms with Crippen molar-refractivity contribution in [2.45, 2.75) is 31.7 Å². The number of hydrogen-bond donors (Lipinski definition) is 1. The second-order valence-electron chi connectivity index (χ2n) is 10.5. The number of rotatable bonds is 5. The number of nitrogens with one attached hydrogen (secondary N) is 1. The van der Waals surface area contributed by atoms with Crippen LogP contribution in [-0.4, -0.2) is 62.4 Å².